The van der Waals surface area contributed by atoms with E-state index in [1.54, 1.807) is 7.11 Å². The molecule has 0 N–H and O–H groups in total. The van der Waals surface area contributed by atoms with Crippen molar-refractivity contribution >= 4 is 18.9 Å². The molecular formula is C7H8LiO. The Balaban J connectivity index is 0.000000640. The molecule has 0 bridgehead atoms. The molecule has 0 aliphatic carbocycles. The van der Waals surface area contributed by atoms with Crippen LogP contribution in [0.3, 0.4) is 0 Å². The Morgan fingerprint density at radius 3 is 2.56 bits per heavy atom. The van der Waals surface area contributed by atoms with E-state index in [0.29, 0.717) is 0 Å². The van der Waals surface area contributed by atoms with Crippen molar-refractivity contribution in [1.82, 2.24) is 0 Å². The van der Waals surface area contributed by atoms with E-state index < -0.39 is 0 Å². The van der Waals surface area contributed by atoms with E-state index in [2.05, 4.69) is 6.07 Å². The van der Waals surface area contributed by atoms with Gasteiger partial charge in [-0.1, -0.05) is 18.2 Å². The van der Waals surface area contributed by atoms with E-state index in [4.69, 9.17) is 4.74 Å². The third-order valence-corrected chi connectivity index (χ3v) is 0.900. The standard InChI is InChI=1S/C7H7O.Li.H/c1-8-7-5-3-2-4-6-7;;/h2-5H,1H3;;. The number of hydrogen-bond donors (Lipinski definition) is 0. The fourth-order valence-electron chi connectivity index (χ4n) is 0.504. The number of ether oxygens (including phenoxy) is 1. The Bertz CT molecular complexity index is 150. The minimum atomic E-state index is 0. The van der Waals surface area contributed by atoms with Gasteiger partial charge in [-0.05, 0) is 6.07 Å². The van der Waals surface area contributed by atoms with Crippen LogP contribution >= 0.6 is 0 Å². The predicted octanol–water partition coefficient (Wildman–Crippen LogP) is 0.847. The quantitative estimate of drug-likeness (QED) is 0.493. The average Bonchev–Trinajstić information content (AvgIpc) is 1.90. The van der Waals surface area contributed by atoms with Crippen LogP contribution in [0.1, 0.15) is 0 Å². The summed E-state index contributed by atoms with van der Waals surface area (Å²) in [5.74, 6) is 0.785. The molecule has 0 aliphatic heterocycles. The number of methoxy groups -OCH3 is 1. The molecule has 1 aromatic rings. The van der Waals surface area contributed by atoms with Crippen LogP contribution in [0.15, 0.2) is 24.3 Å². The Labute approximate surface area is 67.2 Å². The van der Waals surface area contributed by atoms with Crippen molar-refractivity contribution in [3.8, 4) is 5.75 Å². The molecule has 9 heavy (non-hydrogen) atoms. The van der Waals surface area contributed by atoms with E-state index in [0.717, 1.165) is 5.75 Å². The van der Waals surface area contributed by atoms with E-state index in [1.165, 1.54) is 0 Å². The summed E-state index contributed by atoms with van der Waals surface area (Å²) < 4.78 is 4.86. The molecule has 2 heteroatoms. The maximum absolute atomic E-state index is 4.86. The monoisotopic (exact) mass is 115 g/mol. The van der Waals surface area contributed by atoms with Crippen molar-refractivity contribution in [3.63, 3.8) is 0 Å². The molecule has 0 heterocycles. The summed E-state index contributed by atoms with van der Waals surface area (Å²) in [6.07, 6.45) is 0. The Hall–Kier alpha value is -0.383. The van der Waals surface area contributed by atoms with E-state index in [1.807, 2.05) is 24.3 Å². The first kappa shape index (κ1) is 8.62. The van der Waals surface area contributed by atoms with Gasteiger partial charge in [-0.15, -0.1) is 0 Å². The summed E-state index contributed by atoms with van der Waals surface area (Å²) in [6, 6.07) is 10.4. The van der Waals surface area contributed by atoms with Crippen LogP contribution in [0.4, 0.5) is 0 Å². The Morgan fingerprint density at radius 2 is 2.22 bits per heavy atom. The van der Waals surface area contributed by atoms with Crippen LogP contribution in [0.5, 0.6) is 5.75 Å². The van der Waals surface area contributed by atoms with Crippen molar-refractivity contribution < 1.29 is 4.74 Å². The molecule has 0 unspecified atom stereocenters. The molecule has 0 amide bonds. The van der Waals surface area contributed by atoms with Gasteiger partial charge in [0, 0.05) is 6.07 Å². The van der Waals surface area contributed by atoms with Gasteiger partial charge in [0.1, 0.15) is 5.75 Å². The molecule has 0 fully saturated rings. The van der Waals surface area contributed by atoms with Gasteiger partial charge in [0.25, 0.3) is 0 Å². The van der Waals surface area contributed by atoms with Gasteiger partial charge in [0.05, 0.1) is 7.11 Å². The number of hydrogen-bond acceptors (Lipinski definition) is 1. The predicted molar refractivity (Wildman–Crippen MR) is 39.0 cm³/mol. The zero-order valence-corrected chi connectivity index (χ0v) is 4.72. The number of para-hydroxylation sites is 1. The fraction of sp³-hybridized carbons (Fsp3) is 0.143. The first-order valence-electron chi connectivity index (χ1n) is 2.44. The van der Waals surface area contributed by atoms with Gasteiger partial charge in [-0.3, -0.25) is 0 Å². The molecule has 0 saturated carbocycles. The SMILES string of the molecule is COc1[c]cccc1.[LiH]. The molecule has 1 aromatic carbocycles. The van der Waals surface area contributed by atoms with Gasteiger partial charge < -0.3 is 4.74 Å². The maximum atomic E-state index is 4.86. The van der Waals surface area contributed by atoms with Gasteiger partial charge in [-0.2, -0.15) is 0 Å². The molecule has 0 spiro atoms. The van der Waals surface area contributed by atoms with Crippen LogP contribution in [-0.2, 0) is 0 Å². The summed E-state index contributed by atoms with van der Waals surface area (Å²) in [4.78, 5) is 0. The van der Waals surface area contributed by atoms with Crippen LogP contribution in [0, 0.1) is 6.07 Å². The van der Waals surface area contributed by atoms with Crippen LogP contribution < -0.4 is 4.74 Å². The molecule has 1 nitrogen and oxygen atoms in total. The molecule has 43 valence electrons. The summed E-state index contributed by atoms with van der Waals surface area (Å²) in [5.41, 5.74) is 0. The first-order chi connectivity index (χ1) is 3.93. The van der Waals surface area contributed by atoms with Crippen molar-refractivity contribution in [3.05, 3.63) is 30.3 Å². The fourth-order valence-corrected chi connectivity index (χ4v) is 0.504. The summed E-state index contributed by atoms with van der Waals surface area (Å²) in [6.45, 7) is 0. The first-order valence-corrected chi connectivity index (χ1v) is 2.44. The van der Waals surface area contributed by atoms with Gasteiger partial charge in [0.15, 0.2) is 0 Å². The van der Waals surface area contributed by atoms with Gasteiger partial charge >= 0.3 is 18.9 Å². The molecule has 0 aliphatic rings. The van der Waals surface area contributed by atoms with Crippen molar-refractivity contribution in [2.75, 3.05) is 7.11 Å². The minimum absolute atomic E-state index is 0. The summed E-state index contributed by atoms with van der Waals surface area (Å²) in [7, 11) is 1.63. The number of benzene rings is 1. The van der Waals surface area contributed by atoms with E-state index in [-0.39, 0.29) is 18.9 Å². The zero-order valence-electron chi connectivity index (χ0n) is 4.72. The second-order valence-electron chi connectivity index (χ2n) is 1.43. The summed E-state index contributed by atoms with van der Waals surface area (Å²) in [5, 5.41) is 0. The molecule has 1 rings (SSSR count). The molecule has 0 saturated heterocycles. The van der Waals surface area contributed by atoms with Crippen LogP contribution in [0.2, 0.25) is 0 Å². The molecule has 1 radical (unpaired) electrons. The van der Waals surface area contributed by atoms with Crippen LogP contribution in [-0.4, -0.2) is 26.0 Å². The van der Waals surface area contributed by atoms with Crippen molar-refractivity contribution in [2.45, 2.75) is 0 Å². The van der Waals surface area contributed by atoms with Gasteiger partial charge in [0.2, 0.25) is 0 Å². The summed E-state index contributed by atoms with van der Waals surface area (Å²) >= 11 is 0. The Kier molecular flexibility index (Phi) is 4.30. The molecular weight excluding hydrogens is 107 g/mol. The topological polar surface area (TPSA) is 9.23 Å². The molecule has 0 aromatic heterocycles. The van der Waals surface area contributed by atoms with Gasteiger partial charge in [-0.25, -0.2) is 0 Å². The van der Waals surface area contributed by atoms with Crippen LogP contribution in [0.25, 0.3) is 0 Å². The van der Waals surface area contributed by atoms with E-state index in [9.17, 15) is 0 Å². The molecule has 0 atom stereocenters. The second-order valence-corrected chi connectivity index (χ2v) is 1.43. The third kappa shape index (κ3) is 2.60. The average molecular weight is 115 g/mol. The second kappa shape index (κ2) is 4.49. The third-order valence-electron chi connectivity index (χ3n) is 0.900. The number of rotatable bonds is 1. The van der Waals surface area contributed by atoms with E-state index >= 15 is 0 Å². The normalized spacial score (nSPS) is 7.67. The zero-order chi connectivity index (χ0) is 5.82. The van der Waals surface area contributed by atoms with Crippen molar-refractivity contribution in [1.29, 1.82) is 0 Å². The van der Waals surface area contributed by atoms with Crippen molar-refractivity contribution in [2.24, 2.45) is 0 Å². The Morgan fingerprint density at radius 1 is 1.44 bits per heavy atom.